The van der Waals surface area contributed by atoms with E-state index in [-0.39, 0.29) is 23.5 Å². The smallest absolute Gasteiger partial charge is 0.262 e. The number of carbonyl (C=O) groups excluding carboxylic acids is 3. The van der Waals surface area contributed by atoms with E-state index in [1.165, 1.54) is 12.3 Å². The molecular weight excluding hydrogens is 567 g/mol. The zero-order chi connectivity index (χ0) is 29.8. The fourth-order valence-corrected chi connectivity index (χ4v) is 4.03. The lowest BCUT2D eigenvalue weighted by Gasteiger charge is -2.22. The van der Waals surface area contributed by atoms with Gasteiger partial charge in [0, 0.05) is 10.7 Å². The molecule has 2 atom stereocenters. The summed E-state index contributed by atoms with van der Waals surface area (Å²) in [4.78, 5) is 37.7. The molecule has 0 spiro atoms. The maximum atomic E-state index is 12.8. The number of carbonyl (C=O) groups is 3. The minimum Gasteiger partial charge on any atom is -0.484 e. The van der Waals surface area contributed by atoms with Gasteiger partial charge in [-0.25, -0.2) is 5.43 Å². The highest BCUT2D eigenvalue weighted by Crippen LogP contribution is 2.28. The summed E-state index contributed by atoms with van der Waals surface area (Å²) in [5.41, 5.74) is 3.86. The van der Waals surface area contributed by atoms with Crippen molar-refractivity contribution in [1.29, 1.82) is 0 Å². The van der Waals surface area contributed by atoms with Gasteiger partial charge in [0.2, 0.25) is 0 Å². The summed E-state index contributed by atoms with van der Waals surface area (Å²) >= 11 is 12.0. The number of ether oxygens (including phenoxy) is 2. The number of nitrogens with one attached hydrogen (secondary N) is 3. The number of para-hydroxylation sites is 1. The highest BCUT2D eigenvalue weighted by molar-refractivity contribution is 6.35. The van der Waals surface area contributed by atoms with Crippen molar-refractivity contribution in [1.82, 2.24) is 10.7 Å². The van der Waals surface area contributed by atoms with Gasteiger partial charge in [0.25, 0.3) is 17.7 Å². The Labute approximate surface area is 249 Å². The molecular formula is C30H32Cl2N4O5. The number of amides is 3. The molecule has 216 valence electrons. The maximum absolute atomic E-state index is 12.8. The van der Waals surface area contributed by atoms with E-state index >= 15 is 0 Å². The molecule has 3 N–H and O–H groups in total. The van der Waals surface area contributed by atoms with Crippen LogP contribution in [-0.4, -0.2) is 42.7 Å². The molecule has 0 aliphatic rings. The Bertz CT molecular complexity index is 1350. The highest BCUT2D eigenvalue weighted by atomic mass is 35.5. The molecule has 0 heterocycles. The fourth-order valence-electron chi connectivity index (χ4n) is 3.57. The Morgan fingerprint density at radius 1 is 0.927 bits per heavy atom. The molecule has 0 aromatic heterocycles. The summed E-state index contributed by atoms with van der Waals surface area (Å²) < 4.78 is 11.2. The van der Waals surface area contributed by atoms with Gasteiger partial charge >= 0.3 is 0 Å². The second kappa shape index (κ2) is 15.6. The molecule has 0 radical (unpaired) electrons. The second-order valence-electron chi connectivity index (χ2n) is 9.53. The Kier molecular flexibility index (Phi) is 12.0. The lowest BCUT2D eigenvalue weighted by molar-refractivity contribution is -0.132. The van der Waals surface area contributed by atoms with Crippen molar-refractivity contribution in [3.05, 3.63) is 88.4 Å². The SMILES string of the molecule is CC(C)C[C@@H](NC(=O)[C@H](C)Oc1ccc(Cl)cc1Cl)C(=O)N/N=C\c1ccc(OCC(=O)Nc2ccccc2)cc1. The number of benzene rings is 3. The van der Waals surface area contributed by atoms with Crippen molar-refractivity contribution in [2.24, 2.45) is 11.0 Å². The molecule has 41 heavy (non-hydrogen) atoms. The Hall–Kier alpha value is -4.08. The van der Waals surface area contributed by atoms with Gasteiger partial charge in [-0.3, -0.25) is 14.4 Å². The average Bonchev–Trinajstić information content (AvgIpc) is 2.94. The first kappa shape index (κ1) is 31.4. The third-order valence-corrected chi connectivity index (χ3v) is 6.13. The summed E-state index contributed by atoms with van der Waals surface area (Å²) in [5, 5.41) is 10.2. The van der Waals surface area contributed by atoms with Crippen molar-refractivity contribution >= 4 is 52.8 Å². The number of rotatable bonds is 13. The predicted octanol–water partition coefficient (Wildman–Crippen LogP) is 5.46. The number of anilines is 1. The van der Waals surface area contributed by atoms with Crippen molar-refractivity contribution in [2.75, 3.05) is 11.9 Å². The van der Waals surface area contributed by atoms with Gasteiger partial charge in [-0.2, -0.15) is 5.10 Å². The van der Waals surface area contributed by atoms with Crippen molar-refractivity contribution < 1.29 is 23.9 Å². The monoisotopic (exact) mass is 598 g/mol. The lowest BCUT2D eigenvalue weighted by Crippen LogP contribution is -2.49. The van der Waals surface area contributed by atoms with Gasteiger partial charge in [0.05, 0.1) is 11.2 Å². The van der Waals surface area contributed by atoms with Crippen molar-refractivity contribution in [3.8, 4) is 11.5 Å². The summed E-state index contributed by atoms with van der Waals surface area (Å²) in [6, 6.07) is 19.8. The molecule has 0 aliphatic heterocycles. The summed E-state index contributed by atoms with van der Waals surface area (Å²) in [7, 11) is 0. The number of nitrogens with zero attached hydrogens (tertiary/aromatic N) is 1. The average molecular weight is 600 g/mol. The van der Waals surface area contributed by atoms with Crippen LogP contribution < -0.4 is 25.5 Å². The first-order valence-corrected chi connectivity index (χ1v) is 13.7. The van der Waals surface area contributed by atoms with Crippen LogP contribution in [0.15, 0.2) is 77.9 Å². The van der Waals surface area contributed by atoms with Crippen LogP contribution in [-0.2, 0) is 14.4 Å². The van der Waals surface area contributed by atoms with Crippen LogP contribution in [0.4, 0.5) is 5.69 Å². The van der Waals surface area contributed by atoms with Gasteiger partial charge in [-0.15, -0.1) is 0 Å². The van der Waals surface area contributed by atoms with E-state index in [2.05, 4.69) is 21.2 Å². The van der Waals surface area contributed by atoms with Crippen molar-refractivity contribution in [2.45, 2.75) is 39.3 Å². The standard InChI is InChI=1S/C30H32Cl2N4O5/c1-19(2)15-26(35-29(38)20(3)41-27-14-11-22(31)16-25(27)32)30(39)36-33-17-21-9-12-24(13-10-21)40-18-28(37)34-23-7-5-4-6-8-23/h4-14,16-17,19-20,26H,15,18H2,1-3H3,(H,34,37)(H,35,38)(H,36,39)/b33-17-/t20-,26+/m0/s1. The molecule has 0 unspecified atom stereocenters. The van der Waals surface area contributed by atoms with Gasteiger partial charge in [-0.1, -0.05) is 55.2 Å². The molecule has 0 bridgehead atoms. The van der Waals surface area contributed by atoms with Crippen LogP contribution in [0.25, 0.3) is 0 Å². The number of hydrogen-bond donors (Lipinski definition) is 3. The van der Waals surface area contributed by atoms with E-state index in [0.717, 1.165) is 0 Å². The van der Waals surface area contributed by atoms with Crippen LogP contribution in [0.5, 0.6) is 11.5 Å². The minimum atomic E-state index is -0.912. The normalized spacial score (nSPS) is 12.4. The van der Waals surface area contributed by atoms with E-state index in [0.29, 0.717) is 34.2 Å². The fraction of sp³-hybridized carbons (Fsp3) is 0.267. The number of hydrazone groups is 1. The van der Waals surface area contributed by atoms with Crippen LogP contribution in [0.1, 0.15) is 32.8 Å². The maximum Gasteiger partial charge on any atom is 0.262 e. The van der Waals surface area contributed by atoms with E-state index in [4.69, 9.17) is 32.7 Å². The molecule has 0 saturated carbocycles. The Morgan fingerprint density at radius 2 is 1.63 bits per heavy atom. The Balaban J connectivity index is 1.49. The van der Waals surface area contributed by atoms with Crippen LogP contribution in [0.3, 0.4) is 0 Å². The van der Waals surface area contributed by atoms with Gasteiger partial charge in [-0.05, 0) is 79.4 Å². The van der Waals surface area contributed by atoms with Gasteiger partial charge < -0.3 is 20.1 Å². The summed E-state index contributed by atoms with van der Waals surface area (Å²) in [6.45, 7) is 5.31. The van der Waals surface area contributed by atoms with Crippen LogP contribution >= 0.6 is 23.2 Å². The summed E-state index contributed by atoms with van der Waals surface area (Å²) in [6.07, 6.45) is 0.947. The molecule has 3 aromatic carbocycles. The minimum absolute atomic E-state index is 0.124. The zero-order valence-corrected chi connectivity index (χ0v) is 24.4. The first-order valence-electron chi connectivity index (χ1n) is 12.9. The van der Waals surface area contributed by atoms with Gasteiger partial charge in [0.1, 0.15) is 17.5 Å². The largest absolute Gasteiger partial charge is 0.484 e. The molecule has 3 aromatic rings. The lowest BCUT2D eigenvalue weighted by atomic mass is 10.0. The quantitative estimate of drug-likeness (QED) is 0.178. The molecule has 0 aliphatic carbocycles. The first-order chi connectivity index (χ1) is 19.6. The van der Waals surface area contributed by atoms with Crippen molar-refractivity contribution in [3.63, 3.8) is 0 Å². The molecule has 3 amide bonds. The topological polar surface area (TPSA) is 118 Å². The predicted molar refractivity (Wildman–Crippen MR) is 161 cm³/mol. The molecule has 0 saturated heterocycles. The van der Waals surface area contributed by atoms with E-state index < -0.39 is 24.0 Å². The zero-order valence-electron chi connectivity index (χ0n) is 22.9. The van der Waals surface area contributed by atoms with E-state index in [1.54, 1.807) is 55.5 Å². The van der Waals surface area contributed by atoms with Crippen LogP contribution in [0.2, 0.25) is 10.0 Å². The van der Waals surface area contributed by atoms with E-state index in [1.807, 2.05) is 32.0 Å². The highest BCUT2D eigenvalue weighted by Gasteiger charge is 2.25. The Morgan fingerprint density at radius 3 is 2.29 bits per heavy atom. The third kappa shape index (κ3) is 10.8. The molecule has 9 nitrogen and oxygen atoms in total. The van der Waals surface area contributed by atoms with E-state index in [9.17, 15) is 14.4 Å². The number of hydrogen-bond acceptors (Lipinski definition) is 6. The summed E-state index contributed by atoms with van der Waals surface area (Å²) in [5.74, 6) is -0.287. The molecule has 3 rings (SSSR count). The molecule has 11 heteroatoms. The van der Waals surface area contributed by atoms with Gasteiger partial charge in [0.15, 0.2) is 12.7 Å². The molecule has 0 fully saturated rings. The third-order valence-electron chi connectivity index (χ3n) is 5.60. The second-order valence-corrected chi connectivity index (χ2v) is 10.4. The van der Waals surface area contributed by atoms with Crippen LogP contribution in [0, 0.1) is 5.92 Å². The number of halogens is 2.